The van der Waals surface area contributed by atoms with Crippen molar-refractivity contribution in [3.63, 3.8) is 0 Å². The van der Waals surface area contributed by atoms with Crippen LogP contribution in [0.1, 0.15) is 51.3 Å². The first-order chi connectivity index (χ1) is 25.2. The molecule has 6 aromatic carbocycles. The summed E-state index contributed by atoms with van der Waals surface area (Å²) < 4.78 is 2.82. The van der Waals surface area contributed by atoms with Crippen LogP contribution in [0.15, 0.2) is 131 Å². The first kappa shape index (κ1) is 31.8. The Morgan fingerprint density at radius 1 is 0.623 bits per heavy atom. The van der Waals surface area contributed by atoms with Gasteiger partial charge in [0, 0.05) is 47.1 Å². The fourth-order valence-electron chi connectivity index (χ4n) is 10.3. The van der Waals surface area contributed by atoms with E-state index in [0.717, 1.165) is 0 Å². The summed E-state index contributed by atoms with van der Waals surface area (Å²) in [7, 11) is -2.47. The topological polar surface area (TPSA) is 6.48 Å². The van der Waals surface area contributed by atoms with Crippen LogP contribution in [0.2, 0.25) is 0 Å². The van der Waals surface area contributed by atoms with Crippen LogP contribution >= 0.6 is 20.5 Å². The highest BCUT2D eigenvalue weighted by Crippen LogP contribution is 2.79. The van der Waals surface area contributed by atoms with Gasteiger partial charge in [0.05, 0.1) is 17.1 Å². The predicted molar refractivity (Wildman–Crippen MR) is 235 cm³/mol. The van der Waals surface area contributed by atoms with Crippen molar-refractivity contribution >= 4 is 87.1 Å². The van der Waals surface area contributed by atoms with E-state index in [1.54, 1.807) is 0 Å². The second kappa shape index (κ2) is 9.88. The summed E-state index contributed by atoms with van der Waals surface area (Å²) in [5.41, 5.74) is 17.7. The lowest BCUT2D eigenvalue weighted by Gasteiger charge is -2.60. The number of benzene rings is 6. The molecular weight excluding hydrogens is 679 g/mol. The van der Waals surface area contributed by atoms with Gasteiger partial charge < -0.3 is 9.80 Å². The molecule has 0 fully saturated rings. The maximum Gasteiger partial charge on any atom is 0.264 e. The van der Waals surface area contributed by atoms with Gasteiger partial charge in [-0.25, -0.2) is 9.16 Å². The largest absolute Gasteiger partial charge is 0.310 e. The summed E-state index contributed by atoms with van der Waals surface area (Å²) in [6.45, 7) is 11.8. The summed E-state index contributed by atoms with van der Waals surface area (Å²) in [5, 5.41) is 1.35. The summed E-state index contributed by atoms with van der Waals surface area (Å²) >= 11 is 2.02. The Labute approximate surface area is 318 Å². The molecule has 4 heterocycles. The molecule has 0 amide bonds. The van der Waals surface area contributed by atoms with Gasteiger partial charge >= 0.3 is 0 Å². The van der Waals surface area contributed by atoms with E-state index < -0.39 is 9.16 Å². The minimum atomic E-state index is -2.47. The van der Waals surface area contributed by atoms with Crippen LogP contribution in [0.4, 0.5) is 34.1 Å². The van der Waals surface area contributed by atoms with Crippen LogP contribution in [-0.2, 0) is 10.8 Å². The maximum absolute atomic E-state index is 2.63. The second-order valence-corrected chi connectivity index (χ2v) is 26.1. The minimum Gasteiger partial charge on any atom is -0.310 e. The number of thiol groups is 1. The molecule has 0 spiro atoms. The lowest BCUT2D eigenvalue weighted by atomic mass is 9.36. The Morgan fingerprint density at radius 3 is 2.06 bits per heavy atom. The number of nitrogens with zero attached hydrogens (tertiary/aromatic N) is 2. The van der Waals surface area contributed by atoms with Gasteiger partial charge in [0.15, 0.2) is 0 Å². The molecule has 0 saturated carbocycles. The zero-order valence-corrected chi connectivity index (χ0v) is 33.6. The summed E-state index contributed by atoms with van der Waals surface area (Å²) in [4.78, 5) is 8.25. The third-order valence-corrected chi connectivity index (χ3v) is 18.4. The third-order valence-electron chi connectivity index (χ3n) is 13.1. The summed E-state index contributed by atoms with van der Waals surface area (Å²) in [6, 6.07) is 47.1. The van der Waals surface area contributed by atoms with E-state index in [1.807, 2.05) is 11.3 Å². The van der Waals surface area contributed by atoms with Gasteiger partial charge in [-0.05, 0) is 118 Å². The van der Waals surface area contributed by atoms with Crippen molar-refractivity contribution < 1.29 is 0 Å². The van der Waals surface area contributed by atoms with Crippen molar-refractivity contribution in [3.05, 3.63) is 138 Å². The van der Waals surface area contributed by atoms with Crippen molar-refractivity contribution in [2.24, 2.45) is 0 Å². The molecule has 1 aliphatic carbocycles. The number of para-hydroxylation sites is 2. The molecule has 3 aliphatic heterocycles. The van der Waals surface area contributed by atoms with Gasteiger partial charge in [-0.1, -0.05) is 101 Å². The molecule has 11 rings (SSSR count). The van der Waals surface area contributed by atoms with Crippen LogP contribution in [0.25, 0.3) is 21.2 Å². The van der Waals surface area contributed by atoms with E-state index in [9.17, 15) is 0 Å². The average molecular weight is 725 g/mol. The van der Waals surface area contributed by atoms with Gasteiger partial charge in [0.1, 0.15) is 0 Å². The fraction of sp³-hybridized carbons (Fsp3) is 0.208. The first-order valence-electron chi connectivity index (χ1n) is 19.0. The van der Waals surface area contributed by atoms with E-state index in [-0.39, 0.29) is 17.5 Å². The molecule has 0 atom stereocenters. The number of rotatable bonds is 1. The highest BCUT2D eigenvalue weighted by molar-refractivity contribution is 8.48. The molecule has 262 valence electrons. The van der Waals surface area contributed by atoms with E-state index in [2.05, 4.69) is 185 Å². The van der Waals surface area contributed by atoms with Crippen molar-refractivity contribution in [2.75, 3.05) is 28.6 Å². The van der Waals surface area contributed by atoms with Crippen LogP contribution in [-0.4, -0.2) is 25.5 Å². The smallest absolute Gasteiger partial charge is 0.264 e. The van der Waals surface area contributed by atoms with Gasteiger partial charge in [-0.15, -0.1) is 11.3 Å². The van der Waals surface area contributed by atoms with E-state index in [0.29, 0.717) is 0 Å². The Kier molecular flexibility index (Phi) is 5.93. The molecule has 0 unspecified atom stereocenters. The second-order valence-electron chi connectivity index (χ2n) is 18.5. The van der Waals surface area contributed by atoms with E-state index in [1.165, 1.54) is 97.5 Å². The number of hydrogen-bond acceptors (Lipinski definition) is 3. The van der Waals surface area contributed by atoms with E-state index >= 15 is 0 Å². The van der Waals surface area contributed by atoms with Crippen LogP contribution in [0.3, 0.4) is 0 Å². The third kappa shape index (κ3) is 3.92. The standard InChI is InChI=1S/C48H45BN2S2/c1-47(2,3)29-23-25-30(26-24-29)50-38-19-14-20-39-43(38)49(36-17-13-22-42-45(36)51(39)37-18-11-12-21-41(37)53(42,6,7)8)46-44(50)33-27-32-31-15-9-10-16-34(31)48(4,5)35(32)28-40(33)52-46/h9-28,53H,1-8H3. The highest BCUT2D eigenvalue weighted by Gasteiger charge is 2.50. The van der Waals surface area contributed by atoms with Gasteiger partial charge in [0.25, 0.3) is 6.71 Å². The highest BCUT2D eigenvalue weighted by atomic mass is 32.3. The van der Waals surface area contributed by atoms with Crippen LogP contribution in [0.5, 0.6) is 0 Å². The minimum absolute atomic E-state index is 0.0498. The molecular formula is C48H45BN2S2. The number of hydrogen-bond donors (Lipinski definition) is 1. The molecule has 1 aromatic heterocycles. The zero-order chi connectivity index (χ0) is 36.4. The Balaban J connectivity index is 1.26. The van der Waals surface area contributed by atoms with E-state index in [4.69, 9.17) is 0 Å². The van der Waals surface area contributed by atoms with Gasteiger partial charge in [0.2, 0.25) is 0 Å². The first-order valence-corrected chi connectivity index (χ1v) is 23.4. The Bertz CT molecular complexity index is 2760. The fourth-order valence-corrected chi connectivity index (χ4v) is 15.1. The number of anilines is 6. The molecule has 5 heteroatoms. The molecule has 2 nitrogen and oxygen atoms in total. The zero-order valence-electron chi connectivity index (χ0n) is 31.9. The average Bonchev–Trinajstić information content (AvgIpc) is 3.61. The predicted octanol–water partition coefficient (Wildman–Crippen LogP) is 11.3. The quantitative estimate of drug-likeness (QED) is 0.133. The number of thiophene rings is 1. The number of fused-ring (bicyclic) bond motifs is 11. The van der Waals surface area contributed by atoms with Crippen LogP contribution in [0, 0.1) is 0 Å². The molecule has 53 heavy (non-hydrogen) atoms. The Hall–Kier alpha value is -4.71. The van der Waals surface area contributed by atoms with Gasteiger partial charge in [-0.2, -0.15) is 0 Å². The molecule has 7 aromatic rings. The summed E-state index contributed by atoms with van der Waals surface area (Å²) in [6.07, 6.45) is 7.66. The summed E-state index contributed by atoms with van der Waals surface area (Å²) in [5.74, 6) is 0. The lowest BCUT2D eigenvalue weighted by molar-refractivity contribution is 0.590. The van der Waals surface area contributed by atoms with Crippen molar-refractivity contribution in [1.82, 2.24) is 0 Å². The Morgan fingerprint density at radius 2 is 1.28 bits per heavy atom. The SMILES string of the molecule is CC(C)(C)c1ccc(N2c3cccc4c3B(c3cccc5c3N4c3ccccc3[SH]5(C)(C)C)c3sc4cc5c(cc4c32)-c2ccccc2C5(C)C)cc1. The van der Waals surface area contributed by atoms with Gasteiger partial charge in [-0.3, -0.25) is 0 Å². The monoisotopic (exact) mass is 724 g/mol. The van der Waals surface area contributed by atoms with Crippen molar-refractivity contribution in [3.8, 4) is 11.1 Å². The molecule has 0 saturated heterocycles. The van der Waals surface area contributed by atoms with Crippen LogP contribution < -0.4 is 25.5 Å². The molecule has 0 bridgehead atoms. The molecule has 0 radical (unpaired) electrons. The normalized spacial score (nSPS) is 18.3. The maximum atomic E-state index is 2.63. The van der Waals surface area contributed by atoms with Crippen molar-refractivity contribution in [1.29, 1.82) is 0 Å². The van der Waals surface area contributed by atoms with Crippen molar-refractivity contribution in [2.45, 2.75) is 55.2 Å². The molecule has 4 aliphatic rings. The molecule has 0 N–H and O–H groups in total. The lowest BCUT2D eigenvalue weighted by Crippen LogP contribution is -2.61.